The van der Waals surface area contributed by atoms with Gasteiger partial charge in [-0.25, -0.2) is 0 Å². The first-order valence-electron chi connectivity index (χ1n) is 2.99. The molecule has 0 radical (unpaired) electrons. The quantitative estimate of drug-likeness (QED) is 0.557. The van der Waals surface area contributed by atoms with Gasteiger partial charge in [0.1, 0.15) is 4.47 Å². The van der Waals surface area contributed by atoms with Crippen molar-refractivity contribution in [3.63, 3.8) is 0 Å². The lowest BCUT2D eigenvalue weighted by Crippen LogP contribution is -1.92. The van der Waals surface area contributed by atoms with Crippen LogP contribution in [0.2, 0.25) is 5.02 Å². The highest BCUT2D eigenvalue weighted by molar-refractivity contribution is 9.10. The minimum atomic E-state index is -0.682. The van der Waals surface area contributed by atoms with E-state index in [1.54, 1.807) is 0 Å². The second-order valence-electron chi connectivity index (χ2n) is 1.63. The molecule has 1 aromatic heterocycles. The average Bonchev–Trinajstić information content (AvgIpc) is 2.00. The molecule has 1 heterocycles. The van der Waals surface area contributed by atoms with E-state index < -0.39 is 10.7 Å². The fourth-order valence-corrected chi connectivity index (χ4v) is 1.21. The van der Waals surface area contributed by atoms with Crippen molar-refractivity contribution in [2.24, 2.45) is 0 Å². The van der Waals surface area contributed by atoms with Gasteiger partial charge in [0, 0.05) is 0 Å². The SMILES string of the molecule is [2H]c1c(Cl)cnc([N+](=O)[O-])c1Br. The highest BCUT2D eigenvalue weighted by atomic mass is 79.9. The summed E-state index contributed by atoms with van der Waals surface area (Å²) in [6.45, 7) is 0. The summed E-state index contributed by atoms with van der Waals surface area (Å²) in [5.74, 6) is -0.399. The highest BCUT2D eigenvalue weighted by Crippen LogP contribution is 2.24. The molecular formula is C5H2BrClN2O2. The predicted octanol–water partition coefficient (Wildman–Crippen LogP) is 2.41. The molecule has 0 unspecified atom stereocenters. The van der Waals surface area contributed by atoms with Crippen LogP contribution in [0.15, 0.2) is 16.7 Å². The van der Waals surface area contributed by atoms with E-state index in [-0.39, 0.29) is 15.5 Å². The van der Waals surface area contributed by atoms with Crippen molar-refractivity contribution in [2.45, 2.75) is 0 Å². The van der Waals surface area contributed by atoms with Crippen molar-refractivity contribution in [1.82, 2.24) is 4.98 Å². The molecule has 0 spiro atoms. The molecule has 0 aliphatic heterocycles. The van der Waals surface area contributed by atoms with Crippen molar-refractivity contribution < 1.29 is 6.29 Å². The molecule has 1 aromatic rings. The monoisotopic (exact) mass is 237 g/mol. The molecule has 6 heteroatoms. The van der Waals surface area contributed by atoms with E-state index in [1.165, 1.54) is 0 Å². The van der Waals surface area contributed by atoms with Crippen LogP contribution in [0, 0.1) is 10.1 Å². The summed E-state index contributed by atoms with van der Waals surface area (Å²) in [6, 6.07) is -0.127. The van der Waals surface area contributed by atoms with Gasteiger partial charge in [0.15, 0.2) is 6.20 Å². The van der Waals surface area contributed by atoms with E-state index in [4.69, 9.17) is 13.0 Å². The van der Waals surface area contributed by atoms with E-state index in [2.05, 4.69) is 20.9 Å². The van der Waals surface area contributed by atoms with Crippen LogP contribution in [-0.2, 0) is 0 Å². The molecular weight excluding hydrogens is 235 g/mol. The zero-order chi connectivity index (χ0) is 9.30. The van der Waals surface area contributed by atoms with Gasteiger partial charge in [0.25, 0.3) is 0 Å². The molecule has 0 saturated heterocycles. The van der Waals surface area contributed by atoms with Crippen LogP contribution in [0.3, 0.4) is 0 Å². The summed E-state index contributed by atoms with van der Waals surface area (Å²) in [6.07, 6.45) is 1.08. The highest BCUT2D eigenvalue weighted by Gasteiger charge is 2.12. The van der Waals surface area contributed by atoms with Gasteiger partial charge in [0.2, 0.25) is 0 Å². The lowest BCUT2D eigenvalue weighted by atomic mass is 10.5. The predicted molar refractivity (Wildman–Crippen MR) is 43.6 cm³/mol. The van der Waals surface area contributed by atoms with Gasteiger partial charge in [-0.1, -0.05) is 11.6 Å². The number of pyridine rings is 1. The van der Waals surface area contributed by atoms with Crippen LogP contribution in [0.4, 0.5) is 5.82 Å². The van der Waals surface area contributed by atoms with E-state index >= 15 is 0 Å². The molecule has 0 saturated carbocycles. The van der Waals surface area contributed by atoms with E-state index in [0.717, 1.165) is 6.20 Å². The Hall–Kier alpha value is -0.680. The van der Waals surface area contributed by atoms with Crippen molar-refractivity contribution >= 4 is 33.3 Å². The molecule has 11 heavy (non-hydrogen) atoms. The zero-order valence-corrected chi connectivity index (χ0v) is 7.39. The Morgan fingerprint density at radius 3 is 3.09 bits per heavy atom. The fourth-order valence-electron chi connectivity index (χ4n) is 0.495. The minimum Gasteiger partial charge on any atom is -0.358 e. The van der Waals surface area contributed by atoms with Crippen LogP contribution >= 0.6 is 27.5 Å². The molecule has 0 aromatic carbocycles. The van der Waals surface area contributed by atoms with Crippen LogP contribution in [0.5, 0.6) is 0 Å². The Balaban J connectivity index is 3.36. The number of nitrogens with zero attached hydrogens (tertiary/aromatic N) is 2. The molecule has 0 N–H and O–H groups in total. The van der Waals surface area contributed by atoms with E-state index in [0.29, 0.717) is 0 Å². The first-order chi connectivity index (χ1) is 5.54. The second kappa shape index (κ2) is 3.15. The zero-order valence-electron chi connectivity index (χ0n) is 6.04. The Kier molecular flexibility index (Phi) is 2.00. The summed E-state index contributed by atoms with van der Waals surface area (Å²) < 4.78 is 7.25. The second-order valence-corrected chi connectivity index (χ2v) is 2.83. The van der Waals surface area contributed by atoms with Gasteiger partial charge < -0.3 is 10.1 Å². The van der Waals surface area contributed by atoms with Gasteiger partial charge in [-0.15, -0.1) is 0 Å². The Labute approximate surface area is 76.9 Å². The average molecular weight is 238 g/mol. The van der Waals surface area contributed by atoms with Crippen LogP contribution < -0.4 is 0 Å². The Bertz CT molecular complexity index is 346. The van der Waals surface area contributed by atoms with Gasteiger partial charge in [-0.3, -0.25) is 0 Å². The minimum absolute atomic E-state index is 0.000000000000000222. The molecule has 0 fully saturated rings. The van der Waals surface area contributed by atoms with Crippen molar-refractivity contribution in [1.29, 1.82) is 0 Å². The Morgan fingerprint density at radius 1 is 1.91 bits per heavy atom. The summed E-state index contributed by atoms with van der Waals surface area (Å²) in [5.41, 5.74) is 0. The number of nitro groups is 1. The van der Waals surface area contributed by atoms with Crippen molar-refractivity contribution in [3.05, 3.63) is 31.8 Å². The molecule has 0 aliphatic rings. The van der Waals surface area contributed by atoms with Gasteiger partial charge in [0.05, 0.1) is 6.39 Å². The summed E-state index contributed by atoms with van der Waals surface area (Å²) >= 11 is 8.34. The number of rotatable bonds is 1. The van der Waals surface area contributed by atoms with Crippen LogP contribution in [-0.4, -0.2) is 9.91 Å². The first kappa shape index (κ1) is 7.00. The van der Waals surface area contributed by atoms with Crippen LogP contribution in [0.25, 0.3) is 0 Å². The summed E-state index contributed by atoms with van der Waals surface area (Å²) in [4.78, 5) is 13.0. The largest absolute Gasteiger partial charge is 0.377 e. The maximum atomic E-state index is 10.3. The lowest BCUT2D eigenvalue weighted by molar-refractivity contribution is -0.390. The number of hydrogen-bond acceptors (Lipinski definition) is 3. The van der Waals surface area contributed by atoms with E-state index in [1.807, 2.05) is 0 Å². The fraction of sp³-hybridized carbons (Fsp3) is 0. The topological polar surface area (TPSA) is 56.0 Å². The number of halogens is 2. The van der Waals surface area contributed by atoms with Gasteiger partial charge in [-0.2, -0.15) is 0 Å². The smallest absolute Gasteiger partial charge is 0.358 e. The van der Waals surface area contributed by atoms with Gasteiger partial charge in [-0.05, 0) is 31.9 Å². The number of aromatic nitrogens is 1. The van der Waals surface area contributed by atoms with Crippen molar-refractivity contribution in [3.8, 4) is 0 Å². The maximum absolute atomic E-state index is 10.3. The molecule has 0 aliphatic carbocycles. The third-order valence-electron chi connectivity index (χ3n) is 0.899. The normalized spacial score (nSPS) is 10.9. The number of hydrogen-bond donors (Lipinski definition) is 0. The maximum Gasteiger partial charge on any atom is 0.377 e. The Morgan fingerprint density at radius 2 is 2.55 bits per heavy atom. The van der Waals surface area contributed by atoms with Crippen molar-refractivity contribution in [2.75, 3.05) is 0 Å². The summed E-state index contributed by atoms with van der Waals surface area (Å²) in [7, 11) is 0. The molecule has 1 rings (SSSR count). The first-order valence-corrected chi connectivity index (χ1v) is 3.66. The van der Waals surface area contributed by atoms with Crippen LogP contribution in [0.1, 0.15) is 1.37 Å². The third kappa shape index (κ3) is 1.87. The van der Waals surface area contributed by atoms with Gasteiger partial charge >= 0.3 is 5.82 Å². The molecule has 0 amide bonds. The molecule has 0 bridgehead atoms. The standard InChI is InChI=1S/C5H2BrClN2O2/c6-4-1-3(7)2-8-5(4)9(10)11/h1-2H/i1D. The molecule has 58 valence electrons. The molecule has 0 atom stereocenters. The lowest BCUT2D eigenvalue weighted by Gasteiger charge is -1.93. The third-order valence-corrected chi connectivity index (χ3v) is 1.64. The molecule has 4 nitrogen and oxygen atoms in total. The summed E-state index contributed by atoms with van der Waals surface area (Å²) in [5, 5.41) is 10.3. The van der Waals surface area contributed by atoms with E-state index in [9.17, 15) is 10.1 Å².